The molecule has 0 aliphatic heterocycles. The molecule has 0 fully saturated rings. The van der Waals surface area contributed by atoms with Crippen LogP contribution in [0.1, 0.15) is 16.1 Å². The Kier molecular flexibility index (Phi) is 2.99. The van der Waals surface area contributed by atoms with E-state index in [0.29, 0.717) is 11.1 Å². The summed E-state index contributed by atoms with van der Waals surface area (Å²) in [5.74, 6) is -1.92. The van der Waals surface area contributed by atoms with E-state index in [9.17, 15) is 18.0 Å². The molecule has 0 aliphatic carbocycles. The topological polar surface area (TPSA) is 76.0 Å². The maximum Gasteiger partial charge on any atom is 0.434 e. The molecule has 0 unspecified atom stereocenters. The van der Waals surface area contributed by atoms with Crippen molar-refractivity contribution >= 4 is 17.3 Å². The number of aromatic carboxylic acids is 1. The largest absolute Gasteiger partial charge is 0.478 e. The van der Waals surface area contributed by atoms with E-state index in [2.05, 4.69) is 15.0 Å². The molecule has 0 saturated carbocycles. The zero-order valence-electron chi connectivity index (χ0n) is 8.47. The van der Waals surface area contributed by atoms with Crippen LogP contribution in [-0.4, -0.2) is 26.0 Å². The van der Waals surface area contributed by atoms with Crippen LogP contribution >= 0.6 is 11.3 Å². The number of thiazole rings is 1. The minimum Gasteiger partial charge on any atom is -0.478 e. The molecule has 0 spiro atoms. The second-order valence-corrected chi connectivity index (χ2v) is 4.01. The number of hydrogen-bond donors (Lipinski definition) is 1. The molecule has 18 heavy (non-hydrogen) atoms. The van der Waals surface area contributed by atoms with Gasteiger partial charge < -0.3 is 5.11 Å². The van der Waals surface area contributed by atoms with Crippen molar-refractivity contribution in [3.8, 4) is 10.7 Å². The summed E-state index contributed by atoms with van der Waals surface area (Å²) < 4.78 is 38.0. The van der Waals surface area contributed by atoms with Crippen molar-refractivity contribution in [3.63, 3.8) is 0 Å². The first-order chi connectivity index (χ1) is 8.39. The number of carbonyl (C=O) groups is 1. The third kappa shape index (κ3) is 2.30. The standard InChI is InChI=1S/C9H4F3N3O2S/c10-9(11,12)6-4(8(16)17)1-14-7(15-6)5-2-13-3-18-5/h1-3H,(H,16,17). The van der Waals surface area contributed by atoms with Crippen molar-refractivity contribution < 1.29 is 23.1 Å². The lowest BCUT2D eigenvalue weighted by atomic mass is 10.2. The lowest BCUT2D eigenvalue weighted by molar-refractivity contribution is -0.141. The van der Waals surface area contributed by atoms with Gasteiger partial charge in [-0.05, 0) is 0 Å². The molecule has 0 radical (unpaired) electrons. The molecule has 94 valence electrons. The van der Waals surface area contributed by atoms with Gasteiger partial charge in [-0.2, -0.15) is 13.2 Å². The first kappa shape index (κ1) is 12.4. The first-order valence-electron chi connectivity index (χ1n) is 4.46. The van der Waals surface area contributed by atoms with Gasteiger partial charge in [0.15, 0.2) is 11.5 Å². The first-order valence-corrected chi connectivity index (χ1v) is 5.34. The Morgan fingerprint density at radius 3 is 2.56 bits per heavy atom. The second-order valence-electron chi connectivity index (χ2n) is 3.12. The number of aromatic nitrogens is 3. The fourth-order valence-electron chi connectivity index (χ4n) is 1.20. The zero-order chi connectivity index (χ0) is 13.3. The Balaban J connectivity index is 2.60. The van der Waals surface area contributed by atoms with Crippen molar-refractivity contribution in [2.24, 2.45) is 0 Å². The predicted octanol–water partition coefficient (Wildman–Crippen LogP) is 2.32. The molecular weight excluding hydrogens is 271 g/mol. The van der Waals surface area contributed by atoms with Gasteiger partial charge in [-0.25, -0.2) is 14.8 Å². The van der Waals surface area contributed by atoms with Gasteiger partial charge in [0.05, 0.1) is 10.4 Å². The summed E-state index contributed by atoms with van der Waals surface area (Å²) in [5, 5.41) is 8.66. The lowest BCUT2D eigenvalue weighted by Gasteiger charge is -2.09. The maximum absolute atomic E-state index is 12.7. The number of rotatable bonds is 2. The zero-order valence-corrected chi connectivity index (χ0v) is 9.29. The van der Waals surface area contributed by atoms with Gasteiger partial charge in [-0.1, -0.05) is 0 Å². The third-order valence-electron chi connectivity index (χ3n) is 1.94. The summed E-state index contributed by atoms with van der Waals surface area (Å²) in [6.45, 7) is 0. The van der Waals surface area contributed by atoms with Crippen molar-refractivity contribution in [2.45, 2.75) is 6.18 Å². The summed E-state index contributed by atoms with van der Waals surface area (Å²) >= 11 is 1.06. The number of carboxylic acid groups (broad SMARTS) is 1. The van der Waals surface area contributed by atoms with E-state index in [4.69, 9.17) is 5.11 Å². The predicted molar refractivity (Wildman–Crippen MR) is 55.1 cm³/mol. The molecule has 9 heteroatoms. The minimum absolute atomic E-state index is 0.199. The highest BCUT2D eigenvalue weighted by molar-refractivity contribution is 7.13. The molecule has 0 aliphatic rings. The van der Waals surface area contributed by atoms with Crippen LogP contribution in [0, 0.1) is 0 Å². The number of halogens is 3. The molecule has 2 rings (SSSR count). The van der Waals surface area contributed by atoms with Crippen molar-refractivity contribution in [1.29, 1.82) is 0 Å². The van der Waals surface area contributed by atoms with Crippen LogP contribution in [0.15, 0.2) is 17.9 Å². The summed E-state index contributed by atoms with van der Waals surface area (Å²) in [5.41, 5.74) is -1.03. The molecule has 2 heterocycles. The smallest absolute Gasteiger partial charge is 0.434 e. The van der Waals surface area contributed by atoms with Gasteiger partial charge in [0.25, 0.3) is 0 Å². The second kappa shape index (κ2) is 4.33. The van der Waals surface area contributed by atoms with Gasteiger partial charge in [-0.3, -0.25) is 4.98 Å². The van der Waals surface area contributed by atoms with Crippen LogP contribution in [-0.2, 0) is 6.18 Å². The van der Waals surface area contributed by atoms with E-state index in [1.807, 2.05) is 0 Å². The van der Waals surface area contributed by atoms with Crippen LogP contribution in [0.4, 0.5) is 13.2 Å². The Morgan fingerprint density at radius 1 is 1.33 bits per heavy atom. The fraction of sp³-hybridized carbons (Fsp3) is 0.111. The molecule has 0 aromatic carbocycles. The highest BCUT2D eigenvalue weighted by Crippen LogP contribution is 2.32. The molecule has 2 aromatic rings. The molecule has 0 atom stereocenters. The Hall–Kier alpha value is -2.03. The normalized spacial score (nSPS) is 11.5. The summed E-state index contributed by atoms with van der Waals surface area (Å²) in [7, 11) is 0. The molecule has 0 saturated heterocycles. The van der Waals surface area contributed by atoms with Crippen LogP contribution in [0.3, 0.4) is 0 Å². The van der Waals surface area contributed by atoms with Crippen LogP contribution in [0.25, 0.3) is 10.7 Å². The number of alkyl halides is 3. The monoisotopic (exact) mass is 275 g/mol. The van der Waals surface area contributed by atoms with Gasteiger partial charge in [0.1, 0.15) is 5.56 Å². The van der Waals surface area contributed by atoms with Crippen molar-refractivity contribution in [3.05, 3.63) is 29.2 Å². The summed E-state index contributed by atoms with van der Waals surface area (Å²) in [4.78, 5) is 21.6. The minimum atomic E-state index is -4.85. The molecule has 2 aromatic heterocycles. The van der Waals surface area contributed by atoms with E-state index in [1.165, 1.54) is 11.7 Å². The van der Waals surface area contributed by atoms with Crippen LogP contribution in [0.5, 0.6) is 0 Å². The van der Waals surface area contributed by atoms with Gasteiger partial charge >= 0.3 is 12.1 Å². The SMILES string of the molecule is O=C(O)c1cnc(-c2cncs2)nc1C(F)(F)F. The molecular formula is C9H4F3N3O2S. The van der Waals surface area contributed by atoms with E-state index in [-0.39, 0.29) is 5.82 Å². The average molecular weight is 275 g/mol. The van der Waals surface area contributed by atoms with Crippen molar-refractivity contribution in [1.82, 2.24) is 15.0 Å². The Morgan fingerprint density at radius 2 is 2.06 bits per heavy atom. The molecule has 0 amide bonds. The highest BCUT2D eigenvalue weighted by Gasteiger charge is 2.38. The van der Waals surface area contributed by atoms with E-state index < -0.39 is 23.4 Å². The van der Waals surface area contributed by atoms with Crippen LogP contribution < -0.4 is 0 Å². The van der Waals surface area contributed by atoms with E-state index in [1.54, 1.807) is 0 Å². The highest BCUT2D eigenvalue weighted by atomic mass is 32.1. The Bertz CT molecular complexity index is 583. The summed E-state index contributed by atoms with van der Waals surface area (Å²) in [6, 6.07) is 0. The number of nitrogens with zero attached hydrogens (tertiary/aromatic N) is 3. The van der Waals surface area contributed by atoms with E-state index >= 15 is 0 Å². The third-order valence-corrected chi connectivity index (χ3v) is 2.71. The van der Waals surface area contributed by atoms with Gasteiger partial charge in [0, 0.05) is 12.4 Å². The summed E-state index contributed by atoms with van der Waals surface area (Å²) in [6.07, 6.45) is -2.90. The van der Waals surface area contributed by atoms with Gasteiger partial charge in [-0.15, -0.1) is 11.3 Å². The fourth-order valence-corrected chi connectivity index (χ4v) is 1.76. The van der Waals surface area contributed by atoms with E-state index in [0.717, 1.165) is 11.3 Å². The van der Waals surface area contributed by atoms with Crippen LogP contribution in [0.2, 0.25) is 0 Å². The molecule has 0 bridgehead atoms. The lowest BCUT2D eigenvalue weighted by Crippen LogP contribution is -2.16. The van der Waals surface area contributed by atoms with Gasteiger partial charge in [0.2, 0.25) is 0 Å². The number of hydrogen-bond acceptors (Lipinski definition) is 5. The average Bonchev–Trinajstić information content (AvgIpc) is 2.80. The Labute approximate surface area is 102 Å². The quantitative estimate of drug-likeness (QED) is 0.910. The maximum atomic E-state index is 12.7. The molecule has 5 nitrogen and oxygen atoms in total. The molecule has 1 N–H and O–H groups in total. The number of carboxylic acids is 1. The van der Waals surface area contributed by atoms with Crippen molar-refractivity contribution in [2.75, 3.05) is 0 Å².